The molecular weight excluding hydrogens is 148 g/mol. The maximum absolute atomic E-state index is 9.62. The van der Waals surface area contributed by atoms with Gasteiger partial charge in [-0.3, -0.25) is 4.72 Å². The molecule has 0 aromatic rings. The van der Waals surface area contributed by atoms with Crippen molar-refractivity contribution in [2.24, 2.45) is 0 Å². The molecule has 1 amide bonds. The highest BCUT2D eigenvalue weighted by molar-refractivity contribution is 8.77. The third-order valence-corrected chi connectivity index (χ3v) is 1.35. The zero-order chi connectivity index (χ0) is 6.41. The van der Waals surface area contributed by atoms with E-state index < -0.39 is 6.09 Å². The van der Waals surface area contributed by atoms with Crippen molar-refractivity contribution in [3.05, 3.63) is 0 Å². The molecule has 0 fully saturated rings. The molecule has 0 saturated heterocycles. The van der Waals surface area contributed by atoms with Gasteiger partial charge in [0.2, 0.25) is 0 Å². The Bertz CT molecular complexity index is 120. The number of rotatable bonds is 2. The molecule has 0 atom stereocenters. The minimum Gasteiger partial charge on any atom is -0.464 e. The molecule has 0 bridgehead atoms. The lowest BCUT2D eigenvalue weighted by Gasteiger charge is -1.88. The molecule has 0 saturated carbocycles. The van der Waals surface area contributed by atoms with Gasteiger partial charge >= 0.3 is 6.09 Å². The number of thiocyanates is 1. The second-order valence-corrected chi connectivity index (χ2v) is 2.39. The molecule has 0 spiro atoms. The smallest absolute Gasteiger partial charge is 0.415 e. The maximum Gasteiger partial charge on any atom is 0.415 e. The first kappa shape index (κ1) is 7.46. The summed E-state index contributed by atoms with van der Waals surface area (Å²) in [4.78, 5) is 9.62. The minimum atomic E-state index is -1.14. The van der Waals surface area contributed by atoms with Crippen LogP contribution in [0.2, 0.25) is 0 Å². The van der Waals surface area contributed by atoms with Gasteiger partial charge in [0.25, 0.3) is 0 Å². The third kappa shape index (κ3) is 5.46. The lowest BCUT2D eigenvalue weighted by Crippen LogP contribution is -2.09. The van der Waals surface area contributed by atoms with E-state index in [9.17, 15) is 4.79 Å². The topological polar surface area (TPSA) is 73.1 Å². The molecular formula is C2H2N2O2S2. The standard InChI is InChI=1S/C2H2N2O2S2/c3-1-7-8-4-2(5)6/h4H,(H,5,6). The van der Waals surface area contributed by atoms with Crippen LogP contribution in [0.15, 0.2) is 0 Å². The highest BCUT2D eigenvalue weighted by Crippen LogP contribution is 2.13. The summed E-state index contributed by atoms with van der Waals surface area (Å²) < 4.78 is 1.92. The molecule has 6 heteroatoms. The van der Waals surface area contributed by atoms with E-state index in [0.29, 0.717) is 0 Å². The Morgan fingerprint density at radius 1 is 1.88 bits per heavy atom. The Balaban J connectivity index is 2.97. The molecule has 44 valence electrons. The van der Waals surface area contributed by atoms with Crippen LogP contribution in [0.5, 0.6) is 0 Å². The number of hydrogen-bond acceptors (Lipinski definition) is 4. The Kier molecular flexibility index (Phi) is 4.30. The summed E-state index contributed by atoms with van der Waals surface area (Å²) in [7, 11) is 1.53. The first-order chi connectivity index (χ1) is 3.77. The van der Waals surface area contributed by atoms with E-state index in [1.165, 1.54) is 0 Å². The van der Waals surface area contributed by atoms with Gasteiger partial charge in [-0.1, -0.05) is 0 Å². The van der Waals surface area contributed by atoms with Gasteiger partial charge in [-0.2, -0.15) is 5.26 Å². The van der Waals surface area contributed by atoms with Crippen LogP contribution in [0.3, 0.4) is 0 Å². The molecule has 0 rings (SSSR count). The van der Waals surface area contributed by atoms with Gasteiger partial charge < -0.3 is 5.11 Å². The van der Waals surface area contributed by atoms with Gasteiger partial charge in [-0.05, 0) is 0 Å². The molecule has 0 radical (unpaired) electrons. The molecule has 0 aliphatic rings. The molecule has 2 N–H and O–H groups in total. The summed E-state index contributed by atoms with van der Waals surface area (Å²) in [6.45, 7) is 0. The molecule has 0 aromatic carbocycles. The van der Waals surface area contributed by atoms with Gasteiger partial charge in [-0.15, -0.1) is 0 Å². The van der Waals surface area contributed by atoms with Crippen LogP contribution >= 0.6 is 21.8 Å². The summed E-state index contributed by atoms with van der Waals surface area (Å²) in [6.07, 6.45) is -1.14. The average Bonchev–Trinajstić information content (AvgIpc) is 1.66. The first-order valence-corrected chi connectivity index (χ1v) is 3.63. The van der Waals surface area contributed by atoms with E-state index in [1.807, 2.05) is 4.72 Å². The second kappa shape index (κ2) is 4.61. The van der Waals surface area contributed by atoms with Gasteiger partial charge in [0.05, 0.1) is 0 Å². The highest BCUT2D eigenvalue weighted by Gasteiger charge is 1.91. The molecule has 4 nitrogen and oxygen atoms in total. The van der Waals surface area contributed by atoms with E-state index in [2.05, 4.69) is 0 Å². The van der Waals surface area contributed by atoms with Crippen LogP contribution in [0.4, 0.5) is 4.79 Å². The predicted octanol–water partition coefficient (Wildman–Crippen LogP) is 1.03. The molecule has 0 aliphatic carbocycles. The molecule has 0 aromatic heterocycles. The predicted molar refractivity (Wildman–Crippen MR) is 32.0 cm³/mol. The fourth-order valence-corrected chi connectivity index (χ4v) is 0.676. The van der Waals surface area contributed by atoms with Crippen LogP contribution in [0, 0.1) is 10.7 Å². The van der Waals surface area contributed by atoms with Crippen LogP contribution in [0.1, 0.15) is 0 Å². The molecule has 0 heterocycles. The number of nitrogens with one attached hydrogen (secondary N) is 1. The Hall–Kier alpha value is -0.540. The number of amides is 1. The van der Waals surface area contributed by atoms with Crippen LogP contribution in [-0.4, -0.2) is 11.2 Å². The van der Waals surface area contributed by atoms with E-state index >= 15 is 0 Å². The van der Waals surface area contributed by atoms with E-state index in [4.69, 9.17) is 10.4 Å². The van der Waals surface area contributed by atoms with Crippen molar-refractivity contribution in [2.75, 3.05) is 0 Å². The monoisotopic (exact) mass is 150 g/mol. The number of carbonyl (C=O) groups is 1. The van der Waals surface area contributed by atoms with E-state index in [0.717, 1.165) is 21.8 Å². The number of carboxylic acid groups (broad SMARTS) is 1. The lowest BCUT2D eigenvalue weighted by molar-refractivity contribution is 0.202. The number of hydrogen-bond donors (Lipinski definition) is 2. The zero-order valence-corrected chi connectivity index (χ0v) is 5.25. The second-order valence-electron chi connectivity index (χ2n) is 0.665. The quantitative estimate of drug-likeness (QED) is 0.266. The van der Waals surface area contributed by atoms with Crippen molar-refractivity contribution in [1.29, 1.82) is 5.26 Å². The van der Waals surface area contributed by atoms with Crippen molar-refractivity contribution in [3.8, 4) is 5.40 Å². The summed E-state index contributed by atoms with van der Waals surface area (Å²) in [5.74, 6) is 0. The minimum absolute atomic E-state index is 0.767. The van der Waals surface area contributed by atoms with Crippen LogP contribution in [-0.2, 0) is 0 Å². The van der Waals surface area contributed by atoms with Gasteiger partial charge in [0.15, 0.2) is 0 Å². The van der Waals surface area contributed by atoms with Crippen molar-refractivity contribution in [1.82, 2.24) is 4.72 Å². The summed E-state index contributed by atoms with van der Waals surface area (Å²) in [6, 6.07) is 0. The molecule has 0 aliphatic heterocycles. The molecule has 0 unspecified atom stereocenters. The summed E-state index contributed by atoms with van der Waals surface area (Å²) in [5.41, 5.74) is 0. The SMILES string of the molecule is N#CSSNC(=O)O. The van der Waals surface area contributed by atoms with Crippen molar-refractivity contribution in [2.45, 2.75) is 0 Å². The maximum atomic E-state index is 9.62. The fraction of sp³-hybridized carbons (Fsp3) is 0. The van der Waals surface area contributed by atoms with Crippen molar-refractivity contribution < 1.29 is 9.90 Å². The zero-order valence-electron chi connectivity index (χ0n) is 3.62. The van der Waals surface area contributed by atoms with Crippen LogP contribution < -0.4 is 4.72 Å². The number of nitriles is 1. The largest absolute Gasteiger partial charge is 0.464 e. The lowest BCUT2D eigenvalue weighted by atomic mass is 11.3. The summed E-state index contributed by atoms with van der Waals surface area (Å²) in [5, 5.41) is 17.4. The van der Waals surface area contributed by atoms with Crippen molar-refractivity contribution in [3.63, 3.8) is 0 Å². The molecule has 8 heavy (non-hydrogen) atoms. The third-order valence-electron chi connectivity index (χ3n) is 0.208. The van der Waals surface area contributed by atoms with Crippen LogP contribution in [0.25, 0.3) is 0 Å². The Labute approximate surface area is 53.8 Å². The average molecular weight is 150 g/mol. The Morgan fingerprint density at radius 2 is 2.50 bits per heavy atom. The fourth-order valence-electron chi connectivity index (χ4n) is 0.0751. The first-order valence-electron chi connectivity index (χ1n) is 1.48. The van der Waals surface area contributed by atoms with Gasteiger partial charge in [0, 0.05) is 21.8 Å². The Morgan fingerprint density at radius 3 is 2.88 bits per heavy atom. The summed E-state index contributed by atoms with van der Waals surface area (Å²) >= 11 is 0. The van der Waals surface area contributed by atoms with Crippen molar-refractivity contribution >= 4 is 27.9 Å². The highest BCUT2D eigenvalue weighted by atomic mass is 33.1. The van der Waals surface area contributed by atoms with E-state index in [1.54, 1.807) is 5.40 Å². The van der Waals surface area contributed by atoms with E-state index in [-0.39, 0.29) is 0 Å². The van der Waals surface area contributed by atoms with Gasteiger partial charge in [-0.25, -0.2) is 4.79 Å². The van der Waals surface area contributed by atoms with Gasteiger partial charge in [0.1, 0.15) is 5.40 Å². The normalized spacial score (nSPS) is 7.38. The number of nitrogens with zero attached hydrogens (tertiary/aromatic N) is 1.